The van der Waals surface area contributed by atoms with Crippen LogP contribution >= 0.6 is 0 Å². The molecule has 8 heteroatoms. The lowest BCUT2D eigenvalue weighted by Gasteiger charge is -2.20. The zero-order valence-electron chi connectivity index (χ0n) is 17.4. The van der Waals surface area contributed by atoms with Crippen molar-refractivity contribution in [2.45, 2.75) is 25.2 Å². The smallest absolute Gasteiger partial charge is 0.263 e. The van der Waals surface area contributed by atoms with Gasteiger partial charge in [-0.15, -0.1) is 0 Å². The molecule has 1 aromatic carbocycles. The van der Waals surface area contributed by atoms with Crippen LogP contribution < -0.4 is 15.0 Å². The van der Waals surface area contributed by atoms with Gasteiger partial charge in [-0.2, -0.15) is 0 Å². The van der Waals surface area contributed by atoms with Gasteiger partial charge in [0.1, 0.15) is 35.4 Å². The molecule has 0 N–H and O–H groups in total. The van der Waals surface area contributed by atoms with Gasteiger partial charge in [-0.1, -0.05) is 6.07 Å². The number of hydrogen-bond acceptors (Lipinski definition) is 6. The number of pyridine rings is 1. The Morgan fingerprint density at radius 2 is 1.77 bits per heavy atom. The van der Waals surface area contributed by atoms with Crippen molar-refractivity contribution in [1.82, 2.24) is 9.47 Å². The second kappa shape index (κ2) is 8.49. The van der Waals surface area contributed by atoms with Gasteiger partial charge in [0.05, 0.1) is 20.3 Å². The zero-order valence-corrected chi connectivity index (χ0v) is 17.4. The van der Waals surface area contributed by atoms with E-state index < -0.39 is 0 Å². The number of likely N-dealkylation sites (tertiary alicyclic amines) is 1. The summed E-state index contributed by atoms with van der Waals surface area (Å²) < 4.78 is 24.6. The van der Waals surface area contributed by atoms with E-state index in [4.69, 9.17) is 18.9 Å². The minimum atomic E-state index is -0.291. The number of nitrogens with zero attached hydrogens (tertiary/aromatic N) is 2. The molecular formula is C22H26N2O6. The summed E-state index contributed by atoms with van der Waals surface area (Å²) in [5, 5.41) is 0. The van der Waals surface area contributed by atoms with Gasteiger partial charge in [-0.3, -0.25) is 9.59 Å². The summed E-state index contributed by atoms with van der Waals surface area (Å²) in [7, 11) is 3.25. The Morgan fingerprint density at radius 3 is 2.43 bits per heavy atom. The van der Waals surface area contributed by atoms with E-state index in [1.54, 1.807) is 38.2 Å². The van der Waals surface area contributed by atoms with E-state index in [2.05, 4.69) is 0 Å². The maximum atomic E-state index is 13.0. The van der Waals surface area contributed by atoms with Gasteiger partial charge in [0, 0.05) is 32.4 Å². The van der Waals surface area contributed by atoms with Crippen molar-refractivity contribution < 1.29 is 23.7 Å². The van der Waals surface area contributed by atoms with Crippen LogP contribution in [-0.2, 0) is 16.5 Å². The van der Waals surface area contributed by atoms with Gasteiger partial charge in [0.15, 0.2) is 0 Å². The quantitative estimate of drug-likeness (QED) is 0.752. The molecule has 0 aliphatic carbocycles. The van der Waals surface area contributed by atoms with Crippen LogP contribution in [0.1, 0.15) is 15.9 Å². The van der Waals surface area contributed by atoms with Gasteiger partial charge < -0.3 is 28.4 Å². The Balaban J connectivity index is 1.40. The van der Waals surface area contributed by atoms with Crippen LogP contribution in [0.25, 0.3) is 0 Å². The van der Waals surface area contributed by atoms with Crippen molar-refractivity contribution >= 4 is 5.91 Å². The highest BCUT2D eigenvalue weighted by Crippen LogP contribution is 2.25. The van der Waals surface area contributed by atoms with Crippen molar-refractivity contribution in [1.29, 1.82) is 0 Å². The zero-order chi connectivity index (χ0) is 21.3. The Labute approximate surface area is 174 Å². The molecule has 160 valence electrons. The summed E-state index contributed by atoms with van der Waals surface area (Å²) in [6, 6.07) is 9.16. The summed E-state index contributed by atoms with van der Waals surface area (Å²) in [4.78, 5) is 27.1. The second-order valence-corrected chi connectivity index (χ2v) is 7.66. The molecule has 30 heavy (non-hydrogen) atoms. The molecular weight excluding hydrogens is 388 g/mol. The average molecular weight is 414 g/mol. The molecule has 2 atom stereocenters. The third-order valence-electron chi connectivity index (χ3n) is 5.53. The number of carbonyl (C=O) groups excluding carboxylic acids is 1. The number of aryl methyl sites for hydroxylation is 2. The fourth-order valence-electron chi connectivity index (χ4n) is 3.81. The fourth-order valence-corrected chi connectivity index (χ4v) is 3.81. The van der Waals surface area contributed by atoms with Crippen molar-refractivity contribution in [2.75, 3.05) is 33.4 Å². The number of rotatable bonds is 4. The number of fused-ring (bicyclic) bond motifs is 1. The highest BCUT2D eigenvalue weighted by Gasteiger charge is 2.40. The lowest BCUT2D eigenvalue weighted by atomic mass is 10.1. The highest BCUT2D eigenvalue weighted by molar-refractivity contribution is 5.95. The summed E-state index contributed by atoms with van der Waals surface area (Å²) in [6.07, 6.45) is 0.911. The molecule has 4 rings (SSSR count). The fraction of sp³-hybridized carbons (Fsp3) is 0.455. The average Bonchev–Trinajstić information content (AvgIpc) is 3.07. The minimum Gasteiger partial charge on any atom is -0.497 e. The van der Waals surface area contributed by atoms with Crippen molar-refractivity contribution in [2.24, 2.45) is 7.05 Å². The molecule has 0 saturated carbocycles. The molecule has 2 fully saturated rings. The number of ether oxygens (including phenoxy) is 4. The van der Waals surface area contributed by atoms with Gasteiger partial charge in [0.2, 0.25) is 0 Å². The molecule has 8 nitrogen and oxygen atoms in total. The maximum absolute atomic E-state index is 13.0. The van der Waals surface area contributed by atoms with Crippen molar-refractivity contribution in [3.05, 3.63) is 58.0 Å². The molecule has 0 unspecified atom stereocenters. The summed E-state index contributed by atoms with van der Waals surface area (Å²) in [5.41, 5.74) is 0.583. The Morgan fingerprint density at radius 1 is 1.10 bits per heavy atom. The van der Waals surface area contributed by atoms with Crippen LogP contribution in [0.4, 0.5) is 0 Å². The van der Waals surface area contributed by atoms with E-state index in [0.717, 1.165) is 5.75 Å². The van der Waals surface area contributed by atoms with Crippen LogP contribution in [0.5, 0.6) is 11.5 Å². The normalized spacial score (nSPS) is 21.8. The molecule has 1 aromatic heterocycles. The molecule has 2 aliphatic rings. The maximum Gasteiger partial charge on any atom is 0.263 e. The van der Waals surface area contributed by atoms with E-state index in [9.17, 15) is 9.59 Å². The van der Waals surface area contributed by atoms with Gasteiger partial charge in [-0.05, 0) is 30.7 Å². The Kier molecular flexibility index (Phi) is 5.78. The van der Waals surface area contributed by atoms with Crippen LogP contribution in [0.2, 0.25) is 0 Å². The number of carbonyl (C=O) groups is 1. The SMILES string of the molecule is COc1cccc(OC2CO[C@H]3CN(C(=O)c4c(C)ccn(C)c4=O)C[C@@H]3OC2)c1. The van der Waals surface area contributed by atoms with Crippen LogP contribution in [0, 0.1) is 6.92 Å². The number of benzene rings is 1. The van der Waals surface area contributed by atoms with Crippen molar-refractivity contribution in [3.8, 4) is 11.5 Å². The van der Waals surface area contributed by atoms with Crippen LogP contribution in [-0.4, -0.2) is 67.1 Å². The topological polar surface area (TPSA) is 79.2 Å². The Bertz CT molecular complexity index is 972. The first-order chi connectivity index (χ1) is 14.5. The van der Waals surface area contributed by atoms with Gasteiger partial charge in [-0.25, -0.2) is 0 Å². The number of hydrogen-bond donors (Lipinski definition) is 0. The highest BCUT2D eigenvalue weighted by atomic mass is 16.6. The molecule has 0 bridgehead atoms. The number of aromatic nitrogens is 1. The Hall–Kier alpha value is -2.84. The van der Waals surface area contributed by atoms with E-state index in [-0.39, 0.29) is 35.3 Å². The number of methoxy groups -OCH3 is 1. The third-order valence-corrected chi connectivity index (χ3v) is 5.53. The molecule has 2 aromatic rings. The van der Waals surface area contributed by atoms with Gasteiger partial charge >= 0.3 is 0 Å². The summed E-state index contributed by atoms with van der Waals surface area (Å²) in [5.74, 6) is 1.13. The van der Waals surface area contributed by atoms with Crippen LogP contribution in [0.3, 0.4) is 0 Å². The lowest BCUT2D eigenvalue weighted by Crippen LogP contribution is -2.37. The van der Waals surface area contributed by atoms with E-state index in [1.165, 1.54) is 4.57 Å². The number of amides is 1. The second-order valence-electron chi connectivity index (χ2n) is 7.66. The predicted octanol–water partition coefficient (Wildman–Crippen LogP) is 1.39. The minimum absolute atomic E-state index is 0.204. The summed E-state index contributed by atoms with van der Waals surface area (Å²) >= 11 is 0. The first kappa shape index (κ1) is 20.4. The van der Waals surface area contributed by atoms with E-state index in [0.29, 0.717) is 37.6 Å². The first-order valence-electron chi connectivity index (χ1n) is 9.95. The third kappa shape index (κ3) is 4.06. The van der Waals surface area contributed by atoms with E-state index >= 15 is 0 Å². The molecule has 1 amide bonds. The van der Waals surface area contributed by atoms with E-state index in [1.807, 2.05) is 24.3 Å². The molecule has 3 heterocycles. The molecule has 0 spiro atoms. The molecule has 2 aliphatic heterocycles. The van der Waals surface area contributed by atoms with Gasteiger partial charge in [0.25, 0.3) is 11.5 Å². The molecule has 2 saturated heterocycles. The van der Waals surface area contributed by atoms with Crippen molar-refractivity contribution in [3.63, 3.8) is 0 Å². The summed E-state index contributed by atoms with van der Waals surface area (Å²) in [6.45, 7) is 3.25. The standard InChI is InChI=1S/C22H26N2O6/c1-14-7-8-23(2)21(25)20(14)22(26)24-10-18-19(11-24)29-13-17(12-28-18)30-16-6-4-5-15(9-16)27-3/h4-9,17-19H,10-13H2,1-3H3/t18-,19-/m0/s1. The molecule has 0 radical (unpaired) electrons. The predicted molar refractivity (Wildman–Crippen MR) is 109 cm³/mol. The first-order valence-corrected chi connectivity index (χ1v) is 9.95. The van der Waals surface area contributed by atoms with Crippen LogP contribution in [0.15, 0.2) is 41.3 Å². The largest absolute Gasteiger partial charge is 0.497 e. The lowest BCUT2D eigenvalue weighted by molar-refractivity contribution is -0.00461. The monoisotopic (exact) mass is 414 g/mol.